The van der Waals surface area contributed by atoms with E-state index in [4.69, 9.17) is 9.72 Å². The second-order valence-electron chi connectivity index (χ2n) is 15.0. The van der Waals surface area contributed by atoms with Gasteiger partial charge in [0.1, 0.15) is 30.0 Å². The van der Waals surface area contributed by atoms with E-state index in [-0.39, 0.29) is 17.9 Å². The number of rotatable bonds is 15. The lowest BCUT2D eigenvalue weighted by molar-refractivity contribution is -0.135. The highest BCUT2D eigenvalue weighted by atomic mass is 16.5. The summed E-state index contributed by atoms with van der Waals surface area (Å²) in [6.07, 6.45) is 5.13. The summed E-state index contributed by atoms with van der Waals surface area (Å²) in [5.41, 5.74) is 7.95. The van der Waals surface area contributed by atoms with Gasteiger partial charge in [0.2, 0.25) is 11.8 Å². The quantitative estimate of drug-likeness (QED) is 0.0968. The highest BCUT2D eigenvalue weighted by Gasteiger charge is 2.26. The van der Waals surface area contributed by atoms with Crippen LogP contribution in [-0.2, 0) is 29.3 Å². The van der Waals surface area contributed by atoms with E-state index < -0.39 is 6.04 Å². The Bertz CT molecular complexity index is 2290. The highest BCUT2D eigenvalue weighted by Crippen LogP contribution is 2.42. The predicted octanol–water partition coefficient (Wildman–Crippen LogP) is 8.93. The number of fused-ring (bicyclic) bond motifs is 6. The minimum atomic E-state index is -0.431. The molecular formula is C45H53N7O3. The van der Waals surface area contributed by atoms with Crippen molar-refractivity contribution >= 4 is 33.6 Å². The third-order valence-corrected chi connectivity index (χ3v) is 11.1. The Morgan fingerprint density at radius 3 is 2.47 bits per heavy atom. The first kappa shape index (κ1) is 37.8. The molecule has 2 amide bonds. The second kappa shape index (κ2) is 16.5. The molecule has 3 heterocycles. The van der Waals surface area contributed by atoms with Crippen molar-refractivity contribution in [1.29, 1.82) is 0 Å². The first-order chi connectivity index (χ1) is 26.7. The first-order valence-electron chi connectivity index (χ1n) is 19.8. The molecule has 7 rings (SSSR count). The Morgan fingerprint density at radius 2 is 1.73 bits per heavy atom. The Morgan fingerprint density at radius 1 is 0.909 bits per heavy atom. The molecule has 1 aliphatic rings. The van der Waals surface area contributed by atoms with Crippen molar-refractivity contribution in [2.45, 2.75) is 92.1 Å². The molecule has 0 aliphatic carbocycles. The topological polar surface area (TPSA) is 119 Å². The van der Waals surface area contributed by atoms with Crippen LogP contribution < -0.4 is 10.1 Å². The van der Waals surface area contributed by atoms with Gasteiger partial charge in [-0.25, -0.2) is 9.97 Å². The number of amides is 2. The standard InChI is InChI=1S/C45H53N7O3/c1-7-19-51(45(54)43(46-6)30-13-11-10-12-14-30)25-41-48-37-18-16-31-22-36-34-17-15-32(21-33(34)27-55-39(36)23-35(31)44(37)50-41)38-24-47-40(49-38)26-52(29(5)9-3)42(53)20-28(4)8-2/h10-18,21-24,28-29,43,46H,7-9,19-20,25-27H2,1-6H3,(H,47,49)(H,48,50)/t28?,29-,43?/m0/s1. The van der Waals surface area contributed by atoms with Crippen LogP contribution >= 0.6 is 0 Å². The predicted molar refractivity (Wildman–Crippen MR) is 219 cm³/mol. The van der Waals surface area contributed by atoms with Crippen molar-refractivity contribution in [3.8, 4) is 28.1 Å². The van der Waals surface area contributed by atoms with Crippen LogP contribution in [0.25, 0.3) is 44.2 Å². The summed E-state index contributed by atoms with van der Waals surface area (Å²) in [5.74, 6) is 2.91. The molecule has 0 saturated heterocycles. The average molecular weight is 740 g/mol. The van der Waals surface area contributed by atoms with Crippen LogP contribution in [0.15, 0.2) is 79.0 Å². The Hall–Kier alpha value is -5.48. The van der Waals surface area contributed by atoms with Crippen LogP contribution in [0.1, 0.15) is 89.1 Å². The van der Waals surface area contributed by atoms with Crippen molar-refractivity contribution in [2.75, 3.05) is 13.6 Å². The molecule has 1 aliphatic heterocycles. The number of imidazole rings is 2. The van der Waals surface area contributed by atoms with Gasteiger partial charge in [-0.05, 0) is 84.6 Å². The van der Waals surface area contributed by atoms with Gasteiger partial charge < -0.3 is 29.8 Å². The van der Waals surface area contributed by atoms with Gasteiger partial charge in [0, 0.05) is 30.0 Å². The van der Waals surface area contributed by atoms with Crippen LogP contribution in [0.4, 0.5) is 0 Å². The molecule has 10 heteroatoms. The van der Waals surface area contributed by atoms with E-state index in [1.54, 1.807) is 0 Å². The van der Waals surface area contributed by atoms with Crippen LogP contribution in [0.5, 0.6) is 5.75 Å². The van der Waals surface area contributed by atoms with Gasteiger partial charge in [-0.3, -0.25) is 9.59 Å². The molecule has 0 bridgehead atoms. The van der Waals surface area contributed by atoms with Crippen LogP contribution in [-0.4, -0.2) is 61.2 Å². The summed E-state index contributed by atoms with van der Waals surface area (Å²) < 4.78 is 6.41. The number of hydrogen-bond acceptors (Lipinski definition) is 6. The minimum Gasteiger partial charge on any atom is -0.488 e. The van der Waals surface area contributed by atoms with Gasteiger partial charge in [0.05, 0.1) is 36.0 Å². The monoisotopic (exact) mass is 739 g/mol. The maximum atomic E-state index is 13.8. The summed E-state index contributed by atoms with van der Waals surface area (Å²) in [6, 6.07) is 24.5. The lowest BCUT2D eigenvalue weighted by atomic mass is 9.92. The number of ether oxygens (including phenoxy) is 1. The van der Waals surface area contributed by atoms with Crippen LogP contribution in [0, 0.1) is 5.92 Å². The molecule has 55 heavy (non-hydrogen) atoms. The Labute approximate surface area is 323 Å². The summed E-state index contributed by atoms with van der Waals surface area (Å²) >= 11 is 0. The molecule has 0 fully saturated rings. The lowest BCUT2D eigenvalue weighted by Crippen LogP contribution is -2.40. The molecule has 286 valence electrons. The third-order valence-electron chi connectivity index (χ3n) is 11.1. The fourth-order valence-electron chi connectivity index (χ4n) is 7.58. The smallest absolute Gasteiger partial charge is 0.244 e. The molecule has 4 aromatic carbocycles. The van der Waals surface area contributed by atoms with Gasteiger partial charge in [-0.15, -0.1) is 0 Å². The maximum Gasteiger partial charge on any atom is 0.244 e. The van der Waals surface area contributed by atoms with Crippen molar-refractivity contribution in [3.05, 3.63) is 102 Å². The van der Waals surface area contributed by atoms with Crippen LogP contribution in [0.2, 0.25) is 0 Å². The zero-order valence-corrected chi connectivity index (χ0v) is 32.9. The highest BCUT2D eigenvalue weighted by molar-refractivity contribution is 6.07. The average Bonchev–Trinajstić information content (AvgIpc) is 3.86. The third kappa shape index (κ3) is 7.87. The zero-order chi connectivity index (χ0) is 38.6. The molecule has 0 spiro atoms. The normalized spacial score (nSPS) is 13.9. The molecule has 6 aromatic rings. The van der Waals surface area contributed by atoms with E-state index in [1.807, 2.05) is 53.4 Å². The van der Waals surface area contributed by atoms with Crippen molar-refractivity contribution in [3.63, 3.8) is 0 Å². The van der Waals surface area contributed by atoms with Crippen molar-refractivity contribution in [1.82, 2.24) is 35.1 Å². The molecular weight excluding hydrogens is 687 g/mol. The molecule has 2 aromatic heterocycles. The van der Waals surface area contributed by atoms with Crippen LogP contribution in [0.3, 0.4) is 0 Å². The molecule has 0 radical (unpaired) electrons. The summed E-state index contributed by atoms with van der Waals surface area (Å²) in [6.45, 7) is 12.5. The summed E-state index contributed by atoms with van der Waals surface area (Å²) in [7, 11) is 1.82. The number of hydrogen-bond donors (Lipinski definition) is 3. The lowest BCUT2D eigenvalue weighted by Gasteiger charge is -2.29. The minimum absolute atomic E-state index is 0.0235. The summed E-state index contributed by atoms with van der Waals surface area (Å²) in [4.78, 5) is 47.5. The van der Waals surface area contributed by atoms with E-state index in [0.717, 1.165) is 92.0 Å². The first-order valence-corrected chi connectivity index (χ1v) is 19.8. The number of aromatic nitrogens is 4. The van der Waals surface area contributed by atoms with Gasteiger partial charge >= 0.3 is 0 Å². The van der Waals surface area contributed by atoms with E-state index in [2.05, 4.69) is 97.4 Å². The Kier molecular flexibility index (Phi) is 11.3. The number of carbonyl (C=O) groups is 2. The van der Waals surface area contributed by atoms with Crippen molar-refractivity contribution < 1.29 is 14.3 Å². The number of likely N-dealkylation sites (N-methyl/N-ethyl adjacent to an activating group) is 1. The molecule has 0 saturated carbocycles. The van der Waals surface area contributed by atoms with Gasteiger partial charge in [-0.1, -0.05) is 82.6 Å². The molecule has 2 unspecified atom stereocenters. The maximum absolute atomic E-state index is 13.8. The zero-order valence-electron chi connectivity index (χ0n) is 32.9. The molecule has 10 nitrogen and oxygen atoms in total. The van der Waals surface area contributed by atoms with E-state index >= 15 is 0 Å². The van der Waals surface area contributed by atoms with Crippen molar-refractivity contribution in [2.24, 2.45) is 5.92 Å². The van der Waals surface area contributed by atoms with Gasteiger partial charge in [0.15, 0.2) is 0 Å². The number of benzene rings is 4. The van der Waals surface area contributed by atoms with E-state index in [0.29, 0.717) is 38.6 Å². The second-order valence-corrected chi connectivity index (χ2v) is 15.0. The molecule has 3 N–H and O–H groups in total. The molecule has 3 atom stereocenters. The van der Waals surface area contributed by atoms with Gasteiger partial charge in [0.25, 0.3) is 0 Å². The Balaban J connectivity index is 1.12. The number of carbonyl (C=O) groups excluding carboxylic acids is 2. The van der Waals surface area contributed by atoms with E-state index in [1.165, 1.54) is 0 Å². The number of aromatic amines is 2. The van der Waals surface area contributed by atoms with E-state index in [9.17, 15) is 9.59 Å². The number of nitrogens with zero attached hydrogens (tertiary/aromatic N) is 4. The SMILES string of the molecule is CCCN(Cc1nc2c(ccc3cc4c(cc32)OCc2cc(-c3cnc(CN(C(=O)CC(C)CC)[C@@H](C)CC)[nH]3)ccc2-4)[nH]1)C(=O)C(NC)c1ccccc1. The number of H-pyrrole nitrogens is 2. The fourth-order valence-corrected chi connectivity index (χ4v) is 7.58. The fraction of sp³-hybridized carbons (Fsp3) is 0.378. The number of nitrogens with one attached hydrogen (secondary N) is 3. The largest absolute Gasteiger partial charge is 0.488 e. The van der Waals surface area contributed by atoms with Gasteiger partial charge in [-0.2, -0.15) is 0 Å². The summed E-state index contributed by atoms with van der Waals surface area (Å²) in [5, 5.41) is 5.28.